The average Bonchev–Trinajstić information content (AvgIpc) is 3.42. The summed E-state index contributed by atoms with van der Waals surface area (Å²) in [4.78, 5) is 65.0. The van der Waals surface area contributed by atoms with Crippen molar-refractivity contribution in [2.24, 2.45) is 10.2 Å². The van der Waals surface area contributed by atoms with Crippen molar-refractivity contribution in [1.82, 2.24) is 0 Å². The van der Waals surface area contributed by atoms with Crippen LogP contribution in [0.1, 0.15) is 102 Å². The Hall–Kier alpha value is -8.27. The zero-order chi connectivity index (χ0) is 52.8. The molecular formula is C58H65N3O13. The van der Waals surface area contributed by atoms with Crippen LogP contribution >= 0.6 is 0 Å². The summed E-state index contributed by atoms with van der Waals surface area (Å²) in [5.41, 5.74) is 2.25. The van der Waals surface area contributed by atoms with Gasteiger partial charge in [-0.15, -0.1) is 0 Å². The Balaban J connectivity index is 1.11. The molecule has 0 aromatic heterocycles. The van der Waals surface area contributed by atoms with E-state index in [2.05, 4.69) is 23.4 Å². The molecule has 0 unspecified atom stereocenters. The number of nitrogens with zero attached hydrogens (tertiary/aromatic N) is 3. The molecule has 0 bridgehead atoms. The van der Waals surface area contributed by atoms with Crippen molar-refractivity contribution in [2.45, 2.75) is 70.6 Å². The number of unbranched alkanes of at least 4 members (excludes halogenated alkanes) is 8. The molecule has 16 heteroatoms. The third-order valence-electron chi connectivity index (χ3n) is 11.0. The minimum atomic E-state index is -0.836. The minimum Gasteiger partial charge on any atom is -0.494 e. The van der Waals surface area contributed by atoms with Gasteiger partial charge in [0, 0.05) is 31.9 Å². The van der Waals surface area contributed by atoms with Crippen LogP contribution in [0, 0.1) is 0 Å². The molecule has 0 spiro atoms. The highest BCUT2D eigenvalue weighted by Crippen LogP contribution is 2.26. The number of carbonyl (C=O) groups is 5. The van der Waals surface area contributed by atoms with Gasteiger partial charge in [0.15, 0.2) is 0 Å². The molecule has 0 aliphatic carbocycles. The third kappa shape index (κ3) is 20.8. The van der Waals surface area contributed by atoms with Gasteiger partial charge in [-0.3, -0.25) is 0 Å². The van der Waals surface area contributed by atoms with E-state index in [1.54, 1.807) is 48.5 Å². The van der Waals surface area contributed by atoms with Gasteiger partial charge in [-0.2, -0.15) is 10.2 Å². The molecule has 16 nitrogen and oxygen atoms in total. The molecule has 5 rings (SSSR count). The topological polar surface area (TPSA) is 187 Å². The summed E-state index contributed by atoms with van der Waals surface area (Å²) in [5, 5.41) is 8.62. The lowest BCUT2D eigenvalue weighted by atomic mass is 10.0. The summed E-state index contributed by atoms with van der Waals surface area (Å²) in [6, 6.07) is 32.1. The third-order valence-corrected chi connectivity index (χ3v) is 11.0. The van der Waals surface area contributed by atoms with Gasteiger partial charge < -0.3 is 42.8 Å². The van der Waals surface area contributed by atoms with Gasteiger partial charge in [0.25, 0.3) is 0 Å². The molecule has 0 saturated carbocycles. The number of anilines is 1. The Bertz CT molecular complexity index is 2600. The van der Waals surface area contributed by atoms with Gasteiger partial charge in [0.1, 0.15) is 28.7 Å². The van der Waals surface area contributed by atoms with Crippen LogP contribution in [0.4, 0.5) is 17.1 Å². The first-order valence-electron chi connectivity index (χ1n) is 24.7. The van der Waals surface area contributed by atoms with E-state index in [0.29, 0.717) is 75.2 Å². The Morgan fingerprint density at radius 3 is 1.24 bits per heavy atom. The molecule has 0 N–H and O–H groups in total. The second kappa shape index (κ2) is 31.9. The predicted molar refractivity (Wildman–Crippen MR) is 280 cm³/mol. The number of hydrogen-bond donors (Lipinski definition) is 0. The van der Waals surface area contributed by atoms with Crippen LogP contribution in [0.15, 0.2) is 151 Å². The zero-order valence-electron chi connectivity index (χ0n) is 42.2. The zero-order valence-corrected chi connectivity index (χ0v) is 42.2. The molecule has 0 radical (unpaired) electrons. The number of ether oxygens (including phenoxy) is 8. The van der Waals surface area contributed by atoms with Crippen molar-refractivity contribution in [1.29, 1.82) is 0 Å². The van der Waals surface area contributed by atoms with Crippen LogP contribution in [0.2, 0.25) is 0 Å². The van der Waals surface area contributed by atoms with Crippen molar-refractivity contribution < 1.29 is 61.9 Å². The fourth-order valence-electron chi connectivity index (χ4n) is 6.87. The largest absolute Gasteiger partial charge is 0.494 e. The van der Waals surface area contributed by atoms with Crippen LogP contribution in [-0.4, -0.2) is 83.6 Å². The van der Waals surface area contributed by atoms with Gasteiger partial charge in [-0.05, 0) is 186 Å². The number of carbonyl (C=O) groups excluding carboxylic acids is 5. The van der Waals surface area contributed by atoms with E-state index < -0.39 is 29.8 Å². The monoisotopic (exact) mass is 1010 g/mol. The number of azo groups is 1. The molecule has 0 aliphatic heterocycles. The van der Waals surface area contributed by atoms with Crippen molar-refractivity contribution in [3.63, 3.8) is 0 Å². The quantitative estimate of drug-likeness (QED) is 0.00964. The number of esters is 5. The van der Waals surface area contributed by atoms with Crippen molar-refractivity contribution in [2.75, 3.05) is 58.6 Å². The lowest BCUT2D eigenvalue weighted by Gasteiger charge is -2.12. The molecule has 0 amide bonds. The normalized spacial score (nSPS) is 10.7. The molecule has 5 aromatic rings. The van der Waals surface area contributed by atoms with Crippen molar-refractivity contribution in [3.05, 3.63) is 157 Å². The van der Waals surface area contributed by atoms with Crippen LogP contribution in [-0.2, 0) is 23.8 Å². The van der Waals surface area contributed by atoms with Gasteiger partial charge in [-0.25, -0.2) is 24.0 Å². The van der Waals surface area contributed by atoms with Gasteiger partial charge in [-0.1, -0.05) is 13.2 Å². The first-order chi connectivity index (χ1) is 36.0. The Morgan fingerprint density at radius 2 is 0.797 bits per heavy atom. The van der Waals surface area contributed by atoms with Crippen LogP contribution in [0.3, 0.4) is 0 Å². The lowest BCUT2D eigenvalue weighted by molar-refractivity contribution is -0.138. The molecule has 0 heterocycles. The highest BCUT2D eigenvalue weighted by molar-refractivity contribution is 6.06. The first-order valence-corrected chi connectivity index (χ1v) is 24.7. The van der Waals surface area contributed by atoms with Crippen LogP contribution in [0.5, 0.6) is 28.7 Å². The SMILES string of the molecule is C=CC(=O)OCCCCCCOc1ccc(OC(=O)c2ccc(C(=O)Oc3ccc(OCCCCCCOC(=O)C=C)cc3)c(C(=O)OCCCCCOc3ccc(N=Nc4ccc(N(C)C)cc4)cc3)c2)cc1. The van der Waals surface area contributed by atoms with Gasteiger partial charge in [0.2, 0.25) is 0 Å². The Labute approximate surface area is 432 Å². The van der Waals surface area contributed by atoms with E-state index in [9.17, 15) is 24.0 Å². The van der Waals surface area contributed by atoms with Crippen molar-refractivity contribution in [3.8, 4) is 28.7 Å². The standard InChI is InChI=1S/C58H65N3O13/c1-5-54(62)70-39-14-9-7-12-36-68-48-27-31-50(32-28-48)73-56(64)43-18-35-52(58(66)74-51-33-29-49(30-34-51)69-37-13-8-10-15-40-71-55(63)6-2)53(42-43)57(65)72-41-17-11-16-38-67-47-25-21-45(22-26-47)60-59-44-19-23-46(24-20-44)61(3)4/h5-6,18-35,42H,1-2,7-17,36-41H2,3-4H3. The first kappa shape index (κ1) is 56.6. The van der Waals surface area contributed by atoms with E-state index >= 15 is 0 Å². The fraction of sp³-hybridized carbons (Fsp3) is 0.328. The molecule has 0 fully saturated rings. The maximum Gasteiger partial charge on any atom is 0.344 e. The highest BCUT2D eigenvalue weighted by Gasteiger charge is 2.23. The summed E-state index contributed by atoms with van der Waals surface area (Å²) in [7, 11) is 3.96. The van der Waals surface area contributed by atoms with Gasteiger partial charge in [0.05, 0.1) is 67.7 Å². The van der Waals surface area contributed by atoms with Crippen molar-refractivity contribution >= 4 is 46.9 Å². The average molecular weight is 1010 g/mol. The molecule has 0 aliphatic rings. The summed E-state index contributed by atoms with van der Waals surface area (Å²) < 4.78 is 44.4. The van der Waals surface area contributed by atoms with E-state index in [1.807, 2.05) is 67.5 Å². The number of hydrogen-bond acceptors (Lipinski definition) is 16. The maximum absolute atomic E-state index is 13.7. The molecule has 5 aromatic carbocycles. The number of benzene rings is 5. The molecule has 74 heavy (non-hydrogen) atoms. The van der Waals surface area contributed by atoms with E-state index in [0.717, 1.165) is 74.9 Å². The molecule has 0 saturated heterocycles. The second-order valence-corrected chi connectivity index (χ2v) is 16.9. The van der Waals surface area contributed by atoms with E-state index in [4.69, 9.17) is 37.9 Å². The fourth-order valence-corrected chi connectivity index (χ4v) is 6.87. The smallest absolute Gasteiger partial charge is 0.344 e. The van der Waals surface area contributed by atoms with Crippen LogP contribution < -0.4 is 28.6 Å². The number of rotatable bonds is 33. The predicted octanol–water partition coefficient (Wildman–Crippen LogP) is 12.3. The van der Waals surface area contributed by atoms with Crippen LogP contribution in [0.25, 0.3) is 0 Å². The lowest BCUT2D eigenvalue weighted by Crippen LogP contribution is -2.18. The van der Waals surface area contributed by atoms with E-state index in [1.165, 1.54) is 18.2 Å². The molecular weight excluding hydrogens is 947 g/mol. The van der Waals surface area contributed by atoms with Gasteiger partial charge >= 0.3 is 29.8 Å². The van der Waals surface area contributed by atoms with E-state index in [-0.39, 0.29) is 34.8 Å². The molecule has 390 valence electrons. The Morgan fingerprint density at radius 1 is 0.419 bits per heavy atom. The molecule has 0 atom stereocenters. The summed E-state index contributed by atoms with van der Waals surface area (Å²) >= 11 is 0. The maximum atomic E-state index is 13.7. The minimum absolute atomic E-state index is 0.00821. The second-order valence-electron chi connectivity index (χ2n) is 16.9. The highest BCUT2D eigenvalue weighted by atomic mass is 16.6. The summed E-state index contributed by atoms with van der Waals surface area (Å²) in [6.45, 7) is 8.90. The summed E-state index contributed by atoms with van der Waals surface area (Å²) in [6.07, 6.45) is 10.8. The summed E-state index contributed by atoms with van der Waals surface area (Å²) in [5.74, 6) is -0.968. The Kier molecular flexibility index (Phi) is 24.4.